The quantitative estimate of drug-likeness (QED) is 0.589. The Labute approximate surface area is 148 Å². The average Bonchev–Trinajstić information content (AvgIpc) is 3.26. The van der Waals surface area contributed by atoms with E-state index in [0.29, 0.717) is 17.5 Å². The first-order valence-corrected chi connectivity index (χ1v) is 8.57. The van der Waals surface area contributed by atoms with E-state index in [1.165, 1.54) is 25.0 Å². The van der Waals surface area contributed by atoms with Crippen molar-refractivity contribution in [3.63, 3.8) is 0 Å². The number of benzene rings is 1. The topological polar surface area (TPSA) is 68.2 Å². The molecule has 130 valence electrons. The van der Waals surface area contributed by atoms with E-state index in [1.54, 1.807) is 30.8 Å². The second kappa shape index (κ2) is 5.94. The van der Waals surface area contributed by atoms with Gasteiger partial charge in [0.15, 0.2) is 0 Å². The van der Waals surface area contributed by atoms with E-state index in [-0.39, 0.29) is 5.82 Å². The number of fused-ring (bicyclic) bond motifs is 1. The molecule has 1 aromatic carbocycles. The highest BCUT2D eigenvalue weighted by Crippen LogP contribution is 2.33. The number of hydrogen-bond donors (Lipinski definition) is 1. The molecule has 3 aromatic heterocycles. The molecular weight excluding hydrogens is 333 g/mol. The van der Waals surface area contributed by atoms with Crippen molar-refractivity contribution in [2.24, 2.45) is 5.92 Å². The number of nitrogens with one attached hydrogen (secondary N) is 1. The number of hydrogen-bond acceptors (Lipinski definition) is 5. The standard InChI is InChI=1S/C19H16FN5O/c20-14-5-3-13(4-6-14)16-17(25-9-10-26-19(25)24-16)15-7-8-21-18(23-15)22-11-12-1-2-12/h3-10,12H,1-2,11H2,(H,21,22,23). The van der Waals surface area contributed by atoms with Crippen molar-refractivity contribution in [2.75, 3.05) is 11.9 Å². The Hall–Kier alpha value is -3.22. The summed E-state index contributed by atoms with van der Waals surface area (Å²) in [7, 11) is 0. The maximum atomic E-state index is 13.3. The molecule has 7 heteroatoms. The third-order valence-electron chi connectivity index (χ3n) is 4.52. The number of nitrogens with zero attached hydrogens (tertiary/aromatic N) is 4. The Kier molecular flexibility index (Phi) is 3.44. The molecule has 0 unspecified atom stereocenters. The van der Waals surface area contributed by atoms with Crippen molar-refractivity contribution in [1.29, 1.82) is 0 Å². The molecule has 26 heavy (non-hydrogen) atoms. The van der Waals surface area contributed by atoms with E-state index >= 15 is 0 Å². The Balaban J connectivity index is 1.61. The van der Waals surface area contributed by atoms with Gasteiger partial charge in [-0.25, -0.2) is 14.4 Å². The number of imidazole rings is 1. The Morgan fingerprint density at radius 3 is 2.81 bits per heavy atom. The summed E-state index contributed by atoms with van der Waals surface area (Å²) in [6, 6.07) is 8.08. The van der Waals surface area contributed by atoms with Crippen molar-refractivity contribution in [2.45, 2.75) is 12.8 Å². The van der Waals surface area contributed by atoms with Crippen LogP contribution in [0, 0.1) is 11.7 Å². The average molecular weight is 349 g/mol. The molecule has 0 bridgehead atoms. The van der Waals surface area contributed by atoms with E-state index in [2.05, 4.69) is 20.3 Å². The molecule has 5 rings (SSSR count). The van der Waals surface area contributed by atoms with Crippen LogP contribution in [0.1, 0.15) is 12.8 Å². The monoisotopic (exact) mass is 349 g/mol. The Morgan fingerprint density at radius 1 is 1.15 bits per heavy atom. The summed E-state index contributed by atoms with van der Waals surface area (Å²) in [5.41, 5.74) is 3.01. The van der Waals surface area contributed by atoms with Crippen molar-refractivity contribution in [1.82, 2.24) is 19.4 Å². The second-order valence-corrected chi connectivity index (χ2v) is 6.46. The zero-order valence-electron chi connectivity index (χ0n) is 13.9. The van der Waals surface area contributed by atoms with Crippen molar-refractivity contribution in [3.05, 3.63) is 54.8 Å². The van der Waals surface area contributed by atoms with Crippen molar-refractivity contribution >= 4 is 11.8 Å². The SMILES string of the molecule is Fc1ccc(-c2nc3occn3c2-c2ccnc(NCC3CC3)n2)cc1. The van der Waals surface area contributed by atoms with E-state index < -0.39 is 0 Å². The first-order chi connectivity index (χ1) is 12.8. The van der Waals surface area contributed by atoms with Gasteiger partial charge in [0.05, 0.1) is 5.69 Å². The van der Waals surface area contributed by atoms with Gasteiger partial charge in [-0.1, -0.05) is 0 Å². The van der Waals surface area contributed by atoms with Gasteiger partial charge in [0.2, 0.25) is 5.95 Å². The van der Waals surface area contributed by atoms with Gasteiger partial charge in [-0.2, -0.15) is 4.98 Å². The molecule has 6 nitrogen and oxygen atoms in total. The molecule has 0 aliphatic heterocycles. The molecule has 1 aliphatic rings. The smallest absolute Gasteiger partial charge is 0.306 e. The summed E-state index contributed by atoms with van der Waals surface area (Å²) >= 11 is 0. The number of anilines is 1. The minimum Gasteiger partial charge on any atom is -0.432 e. The van der Waals surface area contributed by atoms with Gasteiger partial charge in [-0.3, -0.25) is 4.40 Å². The number of oxazole rings is 1. The van der Waals surface area contributed by atoms with Crippen LogP contribution in [-0.2, 0) is 0 Å². The predicted octanol–water partition coefficient (Wildman–Crippen LogP) is 4.01. The van der Waals surface area contributed by atoms with Crippen LogP contribution in [0.3, 0.4) is 0 Å². The molecule has 4 aromatic rings. The molecule has 1 fully saturated rings. The first-order valence-electron chi connectivity index (χ1n) is 8.57. The molecule has 0 spiro atoms. The lowest BCUT2D eigenvalue weighted by Gasteiger charge is -2.07. The third kappa shape index (κ3) is 2.71. The van der Waals surface area contributed by atoms with Crippen LogP contribution in [0.15, 0.2) is 53.4 Å². The fourth-order valence-electron chi connectivity index (χ4n) is 2.97. The largest absolute Gasteiger partial charge is 0.432 e. The van der Waals surface area contributed by atoms with Crippen LogP contribution in [-0.4, -0.2) is 25.9 Å². The fraction of sp³-hybridized carbons (Fsp3) is 0.211. The summed E-state index contributed by atoms with van der Waals surface area (Å²) < 4.78 is 20.6. The molecule has 1 N–H and O–H groups in total. The molecule has 3 heterocycles. The second-order valence-electron chi connectivity index (χ2n) is 6.46. The molecule has 1 aliphatic carbocycles. The van der Waals surface area contributed by atoms with Crippen LogP contribution in [0.5, 0.6) is 0 Å². The lowest BCUT2D eigenvalue weighted by atomic mass is 10.1. The predicted molar refractivity (Wildman–Crippen MR) is 95.1 cm³/mol. The van der Waals surface area contributed by atoms with Crippen LogP contribution >= 0.6 is 0 Å². The number of rotatable bonds is 5. The summed E-state index contributed by atoms with van der Waals surface area (Å²) in [6.45, 7) is 0.891. The van der Waals surface area contributed by atoms with Crippen molar-refractivity contribution < 1.29 is 8.81 Å². The Bertz CT molecular complexity index is 1070. The van der Waals surface area contributed by atoms with E-state index in [1.807, 2.05) is 10.5 Å². The summed E-state index contributed by atoms with van der Waals surface area (Å²) in [5.74, 6) is 1.50. The number of halogens is 1. The summed E-state index contributed by atoms with van der Waals surface area (Å²) in [4.78, 5) is 13.5. The molecule has 0 saturated heterocycles. The van der Waals surface area contributed by atoms with Gasteiger partial charge >= 0.3 is 5.84 Å². The van der Waals surface area contributed by atoms with Gasteiger partial charge in [0.25, 0.3) is 0 Å². The van der Waals surface area contributed by atoms with E-state index in [4.69, 9.17) is 4.42 Å². The minimum atomic E-state index is -0.285. The zero-order chi connectivity index (χ0) is 17.5. The van der Waals surface area contributed by atoms with Crippen LogP contribution in [0.2, 0.25) is 0 Å². The minimum absolute atomic E-state index is 0.285. The van der Waals surface area contributed by atoms with Crippen LogP contribution < -0.4 is 5.32 Å². The molecule has 0 atom stereocenters. The highest BCUT2D eigenvalue weighted by molar-refractivity contribution is 5.79. The van der Waals surface area contributed by atoms with E-state index in [0.717, 1.165) is 29.4 Å². The van der Waals surface area contributed by atoms with Crippen LogP contribution in [0.4, 0.5) is 10.3 Å². The third-order valence-corrected chi connectivity index (χ3v) is 4.52. The maximum Gasteiger partial charge on any atom is 0.306 e. The zero-order valence-corrected chi connectivity index (χ0v) is 13.9. The summed E-state index contributed by atoms with van der Waals surface area (Å²) in [5, 5.41) is 3.29. The molecule has 0 radical (unpaired) electrons. The lowest BCUT2D eigenvalue weighted by molar-refractivity contribution is 0.596. The summed E-state index contributed by atoms with van der Waals surface area (Å²) in [6.07, 6.45) is 7.63. The molecular formula is C19H16FN5O. The van der Waals surface area contributed by atoms with Gasteiger partial charge in [0.1, 0.15) is 23.5 Å². The molecule has 1 saturated carbocycles. The van der Waals surface area contributed by atoms with Crippen molar-refractivity contribution in [3.8, 4) is 22.6 Å². The normalized spacial score (nSPS) is 14.0. The maximum absolute atomic E-state index is 13.3. The first kappa shape index (κ1) is 15.1. The Morgan fingerprint density at radius 2 is 2.00 bits per heavy atom. The number of aromatic nitrogens is 4. The highest BCUT2D eigenvalue weighted by Gasteiger charge is 2.22. The van der Waals surface area contributed by atoms with Crippen LogP contribution in [0.25, 0.3) is 28.5 Å². The van der Waals surface area contributed by atoms with Gasteiger partial charge in [-0.15, -0.1) is 0 Å². The highest BCUT2D eigenvalue weighted by atomic mass is 19.1. The van der Waals surface area contributed by atoms with Gasteiger partial charge in [0, 0.05) is 24.5 Å². The van der Waals surface area contributed by atoms with Gasteiger partial charge < -0.3 is 9.73 Å². The lowest BCUT2D eigenvalue weighted by Crippen LogP contribution is -2.07. The fourth-order valence-corrected chi connectivity index (χ4v) is 2.97. The van der Waals surface area contributed by atoms with E-state index in [9.17, 15) is 4.39 Å². The molecule has 0 amide bonds. The van der Waals surface area contributed by atoms with Gasteiger partial charge in [-0.05, 0) is 49.1 Å².